The highest BCUT2D eigenvalue weighted by Crippen LogP contribution is 2.36. The predicted molar refractivity (Wildman–Crippen MR) is 89.5 cm³/mol. The molecule has 3 rings (SSSR count). The Bertz CT molecular complexity index is 1040. The van der Waals surface area contributed by atoms with Crippen molar-refractivity contribution in [1.82, 2.24) is 24.8 Å². The monoisotopic (exact) mass is 433 g/mol. The van der Waals surface area contributed by atoms with Gasteiger partial charge in [0.25, 0.3) is 0 Å². The molecule has 0 saturated heterocycles. The van der Waals surface area contributed by atoms with Crippen molar-refractivity contribution in [2.75, 3.05) is 0 Å². The number of halogens is 6. The zero-order chi connectivity index (χ0) is 22.1. The first-order chi connectivity index (χ1) is 13.9. The summed E-state index contributed by atoms with van der Waals surface area (Å²) >= 11 is 0. The van der Waals surface area contributed by atoms with Crippen LogP contribution in [0.25, 0.3) is 16.9 Å². The minimum absolute atomic E-state index is 0.0450. The molecule has 0 unspecified atom stereocenters. The molecule has 160 valence electrons. The van der Waals surface area contributed by atoms with Crippen LogP contribution in [0, 0.1) is 0 Å². The van der Waals surface area contributed by atoms with Crippen LogP contribution in [0.4, 0.5) is 26.3 Å². The first kappa shape index (κ1) is 21.3. The van der Waals surface area contributed by atoms with Gasteiger partial charge in [0.15, 0.2) is 5.69 Å². The molecule has 7 nitrogen and oxygen atoms in total. The number of rotatable bonds is 6. The lowest BCUT2D eigenvalue weighted by atomic mass is 10.1. The van der Waals surface area contributed by atoms with Gasteiger partial charge in [-0.3, -0.25) is 9.48 Å². The number of aryl methyl sites for hydroxylation is 1. The van der Waals surface area contributed by atoms with E-state index in [0.29, 0.717) is 24.2 Å². The zero-order valence-electron chi connectivity index (χ0n) is 14.9. The Morgan fingerprint density at radius 1 is 1.03 bits per heavy atom. The van der Waals surface area contributed by atoms with Crippen LogP contribution < -0.4 is 0 Å². The average Bonchev–Trinajstić information content (AvgIpc) is 3.28. The number of aliphatic carboxylic acids is 1. The first-order valence-electron chi connectivity index (χ1n) is 8.42. The summed E-state index contributed by atoms with van der Waals surface area (Å²) in [6, 6.07) is 5.06. The summed E-state index contributed by atoms with van der Waals surface area (Å²) in [7, 11) is 0. The Balaban J connectivity index is 1.85. The molecule has 0 fully saturated rings. The number of alkyl halides is 6. The molecule has 3 aromatic rings. The molecular formula is C17H13F6N5O2. The fourth-order valence-electron chi connectivity index (χ4n) is 2.62. The van der Waals surface area contributed by atoms with Crippen molar-refractivity contribution in [3.8, 4) is 16.9 Å². The van der Waals surface area contributed by atoms with E-state index in [1.165, 1.54) is 35.1 Å². The fourth-order valence-corrected chi connectivity index (χ4v) is 2.62. The number of hydrogen-bond acceptors (Lipinski definition) is 4. The van der Waals surface area contributed by atoms with Gasteiger partial charge in [0.05, 0.1) is 11.9 Å². The number of benzene rings is 1. The molecule has 0 bridgehead atoms. The summed E-state index contributed by atoms with van der Waals surface area (Å²) < 4.78 is 79.5. The predicted octanol–water partition coefficient (Wildman–Crippen LogP) is 4.03. The molecule has 2 heterocycles. The highest BCUT2D eigenvalue weighted by atomic mass is 19.4. The van der Waals surface area contributed by atoms with Crippen LogP contribution in [0.2, 0.25) is 0 Å². The Morgan fingerprint density at radius 2 is 1.70 bits per heavy atom. The van der Waals surface area contributed by atoms with Gasteiger partial charge in [0.2, 0.25) is 0 Å². The van der Waals surface area contributed by atoms with Gasteiger partial charge in [-0.05, 0) is 18.6 Å². The minimum atomic E-state index is -5.03. The molecular weight excluding hydrogens is 420 g/mol. The molecule has 0 aliphatic rings. The van der Waals surface area contributed by atoms with Gasteiger partial charge in [-0.25, -0.2) is 4.68 Å². The third-order valence-corrected chi connectivity index (χ3v) is 4.01. The smallest absolute Gasteiger partial charge is 0.435 e. The highest BCUT2D eigenvalue weighted by Gasteiger charge is 2.42. The van der Waals surface area contributed by atoms with Gasteiger partial charge in [-0.15, -0.1) is 5.10 Å². The summed E-state index contributed by atoms with van der Waals surface area (Å²) in [6.45, 7) is 0.305. The fraction of sp³-hybridized carbons (Fsp3) is 0.294. The van der Waals surface area contributed by atoms with Gasteiger partial charge >= 0.3 is 18.3 Å². The third-order valence-electron chi connectivity index (χ3n) is 4.01. The first-order valence-corrected chi connectivity index (χ1v) is 8.42. The van der Waals surface area contributed by atoms with Crippen LogP contribution in [-0.4, -0.2) is 35.9 Å². The number of hydrogen-bond donors (Lipinski definition) is 1. The van der Waals surface area contributed by atoms with Crippen LogP contribution in [0.3, 0.4) is 0 Å². The third kappa shape index (κ3) is 4.78. The largest absolute Gasteiger partial charge is 0.481 e. The van der Waals surface area contributed by atoms with Gasteiger partial charge in [0.1, 0.15) is 11.4 Å². The van der Waals surface area contributed by atoms with Crippen LogP contribution in [0.5, 0.6) is 0 Å². The van der Waals surface area contributed by atoms with Gasteiger partial charge in [-0.2, -0.15) is 31.4 Å². The molecule has 0 spiro atoms. The molecule has 0 atom stereocenters. The van der Waals surface area contributed by atoms with Crippen LogP contribution in [0.15, 0.2) is 36.5 Å². The Labute approximate surface area is 164 Å². The van der Waals surface area contributed by atoms with E-state index >= 15 is 0 Å². The van der Waals surface area contributed by atoms with E-state index in [1.807, 2.05) is 0 Å². The minimum Gasteiger partial charge on any atom is -0.481 e. The van der Waals surface area contributed by atoms with Crippen molar-refractivity contribution in [1.29, 1.82) is 0 Å². The van der Waals surface area contributed by atoms with Crippen molar-refractivity contribution in [3.63, 3.8) is 0 Å². The van der Waals surface area contributed by atoms with Crippen molar-refractivity contribution in [2.45, 2.75) is 31.7 Å². The normalized spacial score (nSPS) is 12.3. The second kappa shape index (κ2) is 7.80. The van der Waals surface area contributed by atoms with E-state index in [-0.39, 0.29) is 22.9 Å². The van der Waals surface area contributed by atoms with E-state index in [2.05, 4.69) is 15.4 Å². The summed E-state index contributed by atoms with van der Waals surface area (Å²) in [5, 5.41) is 19.4. The molecule has 1 aromatic carbocycles. The number of nitrogens with zero attached hydrogens (tertiary/aromatic N) is 5. The highest BCUT2D eigenvalue weighted by molar-refractivity contribution is 5.66. The maximum atomic E-state index is 13.1. The Morgan fingerprint density at radius 3 is 2.27 bits per heavy atom. The molecule has 0 saturated carbocycles. The molecule has 2 aromatic heterocycles. The molecule has 30 heavy (non-hydrogen) atoms. The standard InChI is InChI=1S/C17H13F6N5O2/c18-16(19,20)13-8-14(17(21,22)23)28(25-13)11-5-3-10(4-6-11)12-9-27(26-24-12)7-1-2-15(29)30/h3-6,8-9H,1-2,7H2,(H,29,30). The quantitative estimate of drug-likeness (QED) is 0.594. The van der Waals surface area contributed by atoms with Crippen molar-refractivity contribution in [2.24, 2.45) is 0 Å². The molecule has 0 radical (unpaired) electrons. The van der Waals surface area contributed by atoms with Crippen LogP contribution >= 0.6 is 0 Å². The maximum Gasteiger partial charge on any atom is 0.435 e. The summed E-state index contributed by atoms with van der Waals surface area (Å²) in [6.07, 6.45) is -8.25. The van der Waals surface area contributed by atoms with E-state index in [0.717, 1.165) is 0 Å². The van der Waals surface area contributed by atoms with E-state index < -0.39 is 29.7 Å². The van der Waals surface area contributed by atoms with E-state index in [9.17, 15) is 31.1 Å². The lowest BCUT2D eigenvalue weighted by molar-refractivity contribution is -0.143. The van der Waals surface area contributed by atoms with Crippen LogP contribution in [0.1, 0.15) is 24.2 Å². The van der Waals surface area contributed by atoms with Gasteiger partial charge in [-0.1, -0.05) is 17.3 Å². The van der Waals surface area contributed by atoms with Crippen molar-refractivity contribution >= 4 is 5.97 Å². The number of aromatic nitrogens is 5. The SMILES string of the molecule is O=C(O)CCCn1cc(-c2ccc(-n3nc(C(F)(F)F)cc3C(F)(F)F)cc2)nn1. The molecule has 0 aliphatic heterocycles. The van der Waals surface area contributed by atoms with Gasteiger partial charge in [0, 0.05) is 24.6 Å². The number of carboxylic acid groups (broad SMARTS) is 1. The number of carbonyl (C=O) groups is 1. The maximum absolute atomic E-state index is 13.1. The molecule has 0 aliphatic carbocycles. The summed E-state index contributed by atoms with van der Waals surface area (Å²) in [4.78, 5) is 10.5. The lowest BCUT2D eigenvalue weighted by Gasteiger charge is -2.10. The number of carboxylic acids is 1. The average molecular weight is 433 g/mol. The summed E-state index contributed by atoms with van der Waals surface area (Å²) in [5.74, 6) is -0.948. The summed E-state index contributed by atoms with van der Waals surface area (Å²) in [5.41, 5.74) is -2.59. The second-order valence-electron chi connectivity index (χ2n) is 6.23. The lowest BCUT2D eigenvalue weighted by Crippen LogP contribution is -2.13. The Hall–Kier alpha value is -3.38. The van der Waals surface area contributed by atoms with Crippen LogP contribution in [-0.2, 0) is 23.7 Å². The van der Waals surface area contributed by atoms with E-state index in [1.54, 1.807) is 0 Å². The van der Waals surface area contributed by atoms with Crippen molar-refractivity contribution < 1.29 is 36.2 Å². The molecule has 13 heteroatoms. The topological polar surface area (TPSA) is 85.8 Å². The van der Waals surface area contributed by atoms with Crippen molar-refractivity contribution in [3.05, 3.63) is 47.9 Å². The Kier molecular flexibility index (Phi) is 5.55. The molecule has 1 N–H and O–H groups in total. The molecule has 0 amide bonds. The zero-order valence-corrected chi connectivity index (χ0v) is 14.9. The second-order valence-corrected chi connectivity index (χ2v) is 6.23. The van der Waals surface area contributed by atoms with Gasteiger partial charge < -0.3 is 5.11 Å². The van der Waals surface area contributed by atoms with E-state index in [4.69, 9.17) is 5.11 Å².